The monoisotopic (exact) mass is 191 g/mol. The van der Waals surface area contributed by atoms with E-state index in [4.69, 9.17) is 0 Å². The van der Waals surface area contributed by atoms with Crippen LogP contribution in [0.25, 0.3) is 0 Å². The highest BCUT2D eigenvalue weighted by atomic mass is 19.1. The number of aryl methyl sites for hydroxylation is 1. The molecule has 0 saturated heterocycles. The second kappa shape index (κ2) is 3.72. The summed E-state index contributed by atoms with van der Waals surface area (Å²) in [6.07, 6.45) is 2.94. The molecule has 3 heteroatoms. The summed E-state index contributed by atoms with van der Waals surface area (Å²) in [5.74, 6) is 0. The summed E-state index contributed by atoms with van der Waals surface area (Å²) in [5.41, 5.74) is 2.21. The molecule has 0 N–H and O–H groups in total. The number of halogens is 1. The van der Waals surface area contributed by atoms with Gasteiger partial charge < -0.3 is 0 Å². The number of hydrogen-bond donors (Lipinski definition) is 0. The van der Waals surface area contributed by atoms with Crippen molar-refractivity contribution in [2.45, 2.75) is 25.4 Å². The second-order valence-corrected chi connectivity index (χ2v) is 3.45. The van der Waals surface area contributed by atoms with E-state index in [0.717, 1.165) is 18.4 Å². The Bertz CT molecular complexity index is 396. The first-order chi connectivity index (χ1) is 6.81. The lowest BCUT2D eigenvalue weighted by Crippen LogP contribution is -2.05. The Morgan fingerprint density at radius 3 is 3.14 bits per heavy atom. The molecule has 72 valence electrons. The minimum atomic E-state index is -0.902. The highest BCUT2D eigenvalue weighted by Gasteiger charge is 2.19. The molecule has 1 aliphatic rings. The minimum Gasteiger partial charge on any atom is -0.242 e. The average Bonchev–Trinajstić information content (AvgIpc) is 2.20. The third kappa shape index (κ3) is 1.59. The Morgan fingerprint density at radius 2 is 2.36 bits per heavy atom. The molecule has 1 unspecified atom stereocenters. The number of fused-ring (bicyclic) bond motifs is 1. The summed E-state index contributed by atoms with van der Waals surface area (Å²) >= 11 is 0. The van der Waals surface area contributed by atoms with Gasteiger partial charge in [-0.3, -0.25) is 0 Å². The Labute approximate surface area is 81.5 Å². The van der Waals surface area contributed by atoms with Gasteiger partial charge in [0.15, 0.2) is 0 Å². The van der Waals surface area contributed by atoms with Gasteiger partial charge in [-0.1, -0.05) is 6.07 Å². The minimum absolute atomic E-state index is 0.489. The maximum absolute atomic E-state index is 13.5. The van der Waals surface area contributed by atoms with Gasteiger partial charge in [-0.05, 0) is 42.5 Å². The quantitative estimate of drug-likeness (QED) is 0.495. The molecule has 1 aromatic carbocycles. The van der Waals surface area contributed by atoms with E-state index in [1.807, 2.05) is 6.07 Å². The molecule has 0 bridgehead atoms. The van der Waals surface area contributed by atoms with Crippen molar-refractivity contribution < 1.29 is 9.18 Å². The zero-order chi connectivity index (χ0) is 9.97. The summed E-state index contributed by atoms with van der Waals surface area (Å²) in [6.45, 7) is 0. The van der Waals surface area contributed by atoms with Crippen molar-refractivity contribution in [3.05, 3.63) is 29.3 Å². The Balaban J connectivity index is 2.45. The van der Waals surface area contributed by atoms with E-state index in [0.29, 0.717) is 17.7 Å². The maximum Gasteiger partial charge on any atom is 0.240 e. The molecule has 0 spiro atoms. The molecule has 0 saturated carbocycles. The molecule has 0 aromatic heterocycles. The molecule has 1 aromatic rings. The average molecular weight is 191 g/mol. The van der Waals surface area contributed by atoms with Crippen LogP contribution in [-0.4, -0.2) is 6.08 Å². The third-order valence-electron chi connectivity index (χ3n) is 2.55. The molecular weight excluding hydrogens is 181 g/mol. The molecule has 0 aliphatic heterocycles. The fourth-order valence-electron chi connectivity index (χ4n) is 1.85. The van der Waals surface area contributed by atoms with Gasteiger partial charge in [0.1, 0.15) is 6.17 Å². The smallest absolute Gasteiger partial charge is 0.240 e. The van der Waals surface area contributed by atoms with Crippen LogP contribution in [0.4, 0.5) is 10.1 Å². The van der Waals surface area contributed by atoms with Crippen molar-refractivity contribution in [2.75, 3.05) is 0 Å². The van der Waals surface area contributed by atoms with E-state index < -0.39 is 6.17 Å². The summed E-state index contributed by atoms with van der Waals surface area (Å²) in [5, 5.41) is 0. The van der Waals surface area contributed by atoms with Crippen LogP contribution in [0.15, 0.2) is 23.2 Å². The number of nitrogens with zero attached hydrogens (tertiary/aromatic N) is 1. The number of alkyl halides is 1. The molecule has 2 nitrogen and oxygen atoms in total. The molecular formula is C11H10FNO. The number of rotatable bonds is 1. The lowest BCUT2D eigenvalue weighted by Gasteiger charge is -2.19. The molecule has 0 amide bonds. The van der Waals surface area contributed by atoms with Crippen molar-refractivity contribution in [2.24, 2.45) is 4.99 Å². The topological polar surface area (TPSA) is 29.4 Å². The van der Waals surface area contributed by atoms with Crippen LogP contribution < -0.4 is 0 Å². The maximum atomic E-state index is 13.5. The van der Waals surface area contributed by atoms with Crippen molar-refractivity contribution in [3.63, 3.8) is 0 Å². The normalized spacial score (nSPS) is 19.6. The molecule has 1 atom stereocenters. The molecule has 2 rings (SSSR count). The molecule has 1 aliphatic carbocycles. The zero-order valence-corrected chi connectivity index (χ0v) is 7.66. The first-order valence-electron chi connectivity index (χ1n) is 4.66. The van der Waals surface area contributed by atoms with Gasteiger partial charge >= 0.3 is 0 Å². The first-order valence-corrected chi connectivity index (χ1v) is 4.66. The number of aliphatic imine (C=N–C) groups is 1. The van der Waals surface area contributed by atoms with Crippen molar-refractivity contribution in [3.8, 4) is 0 Å². The number of carbonyl (C=O) groups excluding carboxylic acids is 1. The lowest BCUT2D eigenvalue weighted by atomic mass is 9.90. The Kier molecular flexibility index (Phi) is 2.42. The fraction of sp³-hybridized carbons (Fsp3) is 0.364. The van der Waals surface area contributed by atoms with Gasteiger partial charge in [0.05, 0.1) is 5.69 Å². The standard InChI is InChI=1S/C11H10FNO/c12-11-3-1-2-8-4-5-9(13-7-14)6-10(8)11/h4-6,11H,1-3H2. The van der Waals surface area contributed by atoms with E-state index in [9.17, 15) is 9.18 Å². The van der Waals surface area contributed by atoms with E-state index in [-0.39, 0.29) is 0 Å². The first kappa shape index (κ1) is 9.10. The highest BCUT2D eigenvalue weighted by Crippen LogP contribution is 2.34. The largest absolute Gasteiger partial charge is 0.242 e. The molecule has 0 heterocycles. The van der Waals surface area contributed by atoms with Crippen LogP contribution >= 0.6 is 0 Å². The Hall–Kier alpha value is -1.47. The van der Waals surface area contributed by atoms with Gasteiger partial charge in [0, 0.05) is 0 Å². The fourth-order valence-corrected chi connectivity index (χ4v) is 1.85. The molecule has 0 radical (unpaired) electrons. The lowest BCUT2D eigenvalue weighted by molar-refractivity contribution is 0.302. The van der Waals surface area contributed by atoms with Gasteiger partial charge in [-0.2, -0.15) is 4.99 Å². The van der Waals surface area contributed by atoms with Gasteiger partial charge in [0.2, 0.25) is 6.08 Å². The van der Waals surface area contributed by atoms with E-state index >= 15 is 0 Å². The number of benzene rings is 1. The van der Waals surface area contributed by atoms with Gasteiger partial charge in [0.25, 0.3) is 0 Å². The summed E-state index contributed by atoms with van der Waals surface area (Å²) in [7, 11) is 0. The van der Waals surface area contributed by atoms with Crippen LogP contribution in [-0.2, 0) is 11.2 Å². The van der Waals surface area contributed by atoms with E-state index in [2.05, 4.69) is 4.99 Å². The third-order valence-corrected chi connectivity index (χ3v) is 2.55. The van der Waals surface area contributed by atoms with Crippen LogP contribution in [0.1, 0.15) is 30.1 Å². The summed E-state index contributed by atoms with van der Waals surface area (Å²) < 4.78 is 13.5. The van der Waals surface area contributed by atoms with E-state index in [1.54, 1.807) is 12.1 Å². The van der Waals surface area contributed by atoms with Crippen LogP contribution in [0.3, 0.4) is 0 Å². The summed E-state index contributed by atoms with van der Waals surface area (Å²) in [6, 6.07) is 5.21. The number of isocyanates is 1. The van der Waals surface area contributed by atoms with Crippen molar-refractivity contribution in [1.82, 2.24) is 0 Å². The summed E-state index contributed by atoms with van der Waals surface area (Å²) in [4.78, 5) is 13.5. The zero-order valence-electron chi connectivity index (χ0n) is 7.66. The van der Waals surface area contributed by atoms with Gasteiger partial charge in [-0.15, -0.1) is 0 Å². The van der Waals surface area contributed by atoms with Crippen molar-refractivity contribution in [1.29, 1.82) is 0 Å². The van der Waals surface area contributed by atoms with Gasteiger partial charge in [-0.25, -0.2) is 9.18 Å². The van der Waals surface area contributed by atoms with E-state index in [1.165, 1.54) is 6.08 Å². The molecule has 0 fully saturated rings. The highest BCUT2D eigenvalue weighted by molar-refractivity contribution is 5.52. The van der Waals surface area contributed by atoms with Crippen LogP contribution in [0, 0.1) is 0 Å². The predicted octanol–water partition coefficient (Wildman–Crippen LogP) is 3.00. The SMILES string of the molecule is O=C=Nc1ccc2c(c1)C(F)CCC2. The Morgan fingerprint density at radius 1 is 1.50 bits per heavy atom. The predicted molar refractivity (Wildman–Crippen MR) is 51.0 cm³/mol. The van der Waals surface area contributed by atoms with Crippen molar-refractivity contribution >= 4 is 11.8 Å². The molecule has 14 heavy (non-hydrogen) atoms. The van der Waals surface area contributed by atoms with Crippen LogP contribution in [0.2, 0.25) is 0 Å². The second-order valence-electron chi connectivity index (χ2n) is 3.45. The van der Waals surface area contributed by atoms with Crippen LogP contribution in [0.5, 0.6) is 0 Å². The number of hydrogen-bond acceptors (Lipinski definition) is 2.